The highest BCUT2D eigenvalue weighted by Crippen LogP contribution is 2.48. The summed E-state index contributed by atoms with van der Waals surface area (Å²) in [6.07, 6.45) is 13.8. The molecular weight excluding hydrogens is 272 g/mol. The largest absolute Gasteiger partial charge is 0.363 e. The molecule has 3 nitrogen and oxygen atoms in total. The number of nitrogens with zero attached hydrogens (tertiary/aromatic N) is 2. The van der Waals surface area contributed by atoms with Gasteiger partial charge in [0.2, 0.25) is 0 Å². The van der Waals surface area contributed by atoms with Gasteiger partial charge in [-0.3, -0.25) is 4.57 Å². The van der Waals surface area contributed by atoms with Crippen LogP contribution in [-0.2, 0) is 12.1 Å². The maximum absolute atomic E-state index is 11.7. The number of benzene rings is 1. The first-order chi connectivity index (χ1) is 10.8. The van der Waals surface area contributed by atoms with Crippen molar-refractivity contribution in [2.75, 3.05) is 0 Å². The van der Waals surface area contributed by atoms with E-state index in [0.717, 1.165) is 48.2 Å². The fraction of sp³-hybridized carbons (Fsp3) is 0.316. The molecule has 2 aromatic rings. The van der Waals surface area contributed by atoms with Crippen LogP contribution in [0.1, 0.15) is 37.3 Å². The second-order valence-electron chi connectivity index (χ2n) is 6.04. The molecule has 4 rings (SSSR count). The Bertz CT molecular complexity index is 784. The van der Waals surface area contributed by atoms with E-state index in [9.17, 15) is 5.11 Å². The summed E-state index contributed by atoms with van der Waals surface area (Å²) < 4.78 is 1.93. The summed E-state index contributed by atoms with van der Waals surface area (Å²) in [5.74, 6) is 0.867. The van der Waals surface area contributed by atoms with Crippen LogP contribution >= 0.6 is 0 Å². The molecule has 112 valence electrons. The van der Waals surface area contributed by atoms with E-state index < -0.39 is 5.72 Å². The molecule has 1 aromatic heterocycles. The number of rotatable bonds is 3. The predicted octanol–water partition coefficient (Wildman–Crippen LogP) is 3.79. The molecule has 1 N–H and O–H groups in total. The Kier molecular flexibility index (Phi) is 3.05. The summed E-state index contributed by atoms with van der Waals surface area (Å²) >= 11 is 0. The molecule has 0 saturated carbocycles. The zero-order valence-corrected chi connectivity index (χ0v) is 12.8. The maximum atomic E-state index is 11.7. The monoisotopic (exact) mass is 292 g/mol. The van der Waals surface area contributed by atoms with Crippen LogP contribution in [0.3, 0.4) is 0 Å². The molecule has 1 atom stereocenters. The number of aryl methyl sites for hydroxylation is 1. The van der Waals surface area contributed by atoms with Crippen LogP contribution in [0.25, 0.3) is 11.4 Å². The van der Waals surface area contributed by atoms with E-state index >= 15 is 0 Å². The van der Waals surface area contributed by atoms with Gasteiger partial charge in [-0.25, -0.2) is 4.98 Å². The normalized spacial score (nSPS) is 22.4. The van der Waals surface area contributed by atoms with Crippen molar-refractivity contribution >= 4 is 0 Å². The SMILES string of the molecule is CCCc1cccc2c1C(O)(C1=CC=CCC1)n1ccnc1-2. The number of imidazole rings is 1. The van der Waals surface area contributed by atoms with E-state index in [4.69, 9.17) is 0 Å². The summed E-state index contributed by atoms with van der Waals surface area (Å²) in [5.41, 5.74) is 3.29. The third-order valence-corrected chi connectivity index (χ3v) is 4.71. The van der Waals surface area contributed by atoms with Crippen LogP contribution in [0, 0.1) is 0 Å². The molecule has 1 unspecified atom stereocenters. The van der Waals surface area contributed by atoms with Crippen molar-refractivity contribution in [3.8, 4) is 11.4 Å². The van der Waals surface area contributed by atoms with Crippen LogP contribution in [0.4, 0.5) is 0 Å². The topological polar surface area (TPSA) is 38.0 Å². The summed E-state index contributed by atoms with van der Waals surface area (Å²) in [7, 11) is 0. The van der Waals surface area contributed by atoms with E-state index in [-0.39, 0.29) is 0 Å². The molecule has 1 aliphatic carbocycles. The highest BCUT2D eigenvalue weighted by Gasteiger charge is 2.45. The Morgan fingerprint density at radius 3 is 3.05 bits per heavy atom. The lowest BCUT2D eigenvalue weighted by Gasteiger charge is -2.32. The molecule has 2 heterocycles. The lowest BCUT2D eigenvalue weighted by Crippen LogP contribution is -2.35. The van der Waals surface area contributed by atoms with E-state index in [1.165, 1.54) is 5.56 Å². The molecule has 0 spiro atoms. The van der Waals surface area contributed by atoms with Gasteiger partial charge in [0.25, 0.3) is 0 Å². The molecule has 0 saturated heterocycles. The van der Waals surface area contributed by atoms with Crippen molar-refractivity contribution in [1.29, 1.82) is 0 Å². The van der Waals surface area contributed by atoms with Crippen LogP contribution in [0.2, 0.25) is 0 Å². The number of hydrogen-bond acceptors (Lipinski definition) is 2. The zero-order valence-electron chi connectivity index (χ0n) is 12.8. The van der Waals surface area contributed by atoms with E-state index in [1.807, 2.05) is 16.8 Å². The fourth-order valence-corrected chi connectivity index (χ4v) is 3.77. The molecule has 3 heteroatoms. The first-order valence-corrected chi connectivity index (χ1v) is 8.02. The molecule has 0 radical (unpaired) electrons. The van der Waals surface area contributed by atoms with Gasteiger partial charge in [-0.1, -0.05) is 49.8 Å². The lowest BCUT2D eigenvalue weighted by molar-refractivity contribution is 0.0481. The first kappa shape index (κ1) is 13.5. The van der Waals surface area contributed by atoms with E-state index in [1.54, 1.807) is 6.20 Å². The molecule has 1 aromatic carbocycles. The van der Waals surface area contributed by atoms with Crippen LogP contribution in [-0.4, -0.2) is 14.7 Å². The zero-order chi connectivity index (χ0) is 15.2. The van der Waals surface area contributed by atoms with Gasteiger partial charge in [-0.05, 0) is 30.4 Å². The molecule has 22 heavy (non-hydrogen) atoms. The second-order valence-corrected chi connectivity index (χ2v) is 6.04. The number of aliphatic hydroxyl groups is 1. The predicted molar refractivity (Wildman–Crippen MR) is 87.4 cm³/mol. The quantitative estimate of drug-likeness (QED) is 0.934. The minimum absolute atomic E-state index is 0.867. The number of fused-ring (bicyclic) bond motifs is 3. The smallest absolute Gasteiger partial charge is 0.193 e. The summed E-state index contributed by atoms with van der Waals surface area (Å²) in [6.45, 7) is 2.18. The highest BCUT2D eigenvalue weighted by molar-refractivity contribution is 5.71. The van der Waals surface area contributed by atoms with Gasteiger partial charge in [0, 0.05) is 23.5 Å². The van der Waals surface area contributed by atoms with Crippen LogP contribution < -0.4 is 0 Å². The third-order valence-electron chi connectivity index (χ3n) is 4.71. The number of allylic oxidation sites excluding steroid dienone is 3. The number of aromatic nitrogens is 2. The number of hydrogen-bond donors (Lipinski definition) is 1. The van der Waals surface area contributed by atoms with Crippen molar-refractivity contribution in [1.82, 2.24) is 9.55 Å². The molecule has 2 aliphatic rings. The van der Waals surface area contributed by atoms with E-state index in [0.29, 0.717) is 0 Å². The van der Waals surface area contributed by atoms with Gasteiger partial charge >= 0.3 is 0 Å². The molecular formula is C19H20N2O. The maximum Gasteiger partial charge on any atom is 0.193 e. The Labute approximate surface area is 130 Å². The Hall–Kier alpha value is -2.13. The third kappa shape index (κ3) is 1.69. The summed E-state index contributed by atoms with van der Waals surface area (Å²) in [6, 6.07) is 6.28. The van der Waals surface area contributed by atoms with Crippen molar-refractivity contribution < 1.29 is 5.11 Å². The molecule has 0 fully saturated rings. The molecule has 0 bridgehead atoms. The average molecular weight is 292 g/mol. The van der Waals surface area contributed by atoms with Gasteiger partial charge < -0.3 is 5.11 Å². The minimum Gasteiger partial charge on any atom is -0.363 e. The first-order valence-electron chi connectivity index (χ1n) is 8.02. The van der Waals surface area contributed by atoms with Gasteiger partial charge in [0.05, 0.1) is 0 Å². The van der Waals surface area contributed by atoms with Crippen molar-refractivity contribution in [3.63, 3.8) is 0 Å². The van der Waals surface area contributed by atoms with Gasteiger partial charge in [0.15, 0.2) is 5.72 Å². The van der Waals surface area contributed by atoms with Crippen molar-refractivity contribution in [2.45, 2.75) is 38.3 Å². The average Bonchev–Trinajstić information content (AvgIpc) is 3.12. The molecule has 0 amide bonds. The fourth-order valence-electron chi connectivity index (χ4n) is 3.77. The Balaban J connectivity index is 2.01. The van der Waals surface area contributed by atoms with Gasteiger partial charge in [0.1, 0.15) is 5.82 Å². The minimum atomic E-state index is -1.09. The molecule has 1 aliphatic heterocycles. The standard InChI is InChI=1S/C19H20N2O/c1-2-7-14-8-6-11-16-17(14)19(22,15-9-4-3-5-10-15)21-13-12-20-18(16)21/h3-4,6,8-9,11-13,22H,2,5,7,10H2,1H3. The van der Waals surface area contributed by atoms with E-state index in [2.05, 4.69) is 42.3 Å². The summed E-state index contributed by atoms with van der Waals surface area (Å²) in [5, 5.41) is 11.7. The van der Waals surface area contributed by atoms with Gasteiger partial charge in [-0.15, -0.1) is 0 Å². The second kappa shape index (κ2) is 4.96. The van der Waals surface area contributed by atoms with Crippen molar-refractivity contribution in [3.05, 3.63) is 65.5 Å². The van der Waals surface area contributed by atoms with Crippen molar-refractivity contribution in [2.24, 2.45) is 0 Å². The van der Waals surface area contributed by atoms with Gasteiger partial charge in [-0.2, -0.15) is 0 Å². The van der Waals surface area contributed by atoms with Crippen LogP contribution in [0.5, 0.6) is 0 Å². The Morgan fingerprint density at radius 1 is 1.36 bits per heavy atom. The highest BCUT2D eigenvalue weighted by atomic mass is 16.3. The Morgan fingerprint density at radius 2 is 2.27 bits per heavy atom. The summed E-state index contributed by atoms with van der Waals surface area (Å²) in [4.78, 5) is 4.49. The lowest BCUT2D eigenvalue weighted by atomic mass is 9.85. The van der Waals surface area contributed by atoms with Crippen LogP contribution in [0.15, 0.2) is 54.4 Å².